The molecule has 1 aliphatic rings. The number of ether oxygens (including phenoxy) is 1. The highest BCUT2D eigenvalue weighted by Gasteiger charge is 2.35. The molecule has 7 nitrogen and oxygen atoms in total. The van der Waals surface area contributed by atoms with Gasteiger partial charge in [0.15, 0.2) is 0 Å². The molecule has 5 rings (SSSR count). The van der Waals surface area contributed by atoms with Gasteiger partial charge in [-0.15, -0.1) is 0 Å². The number of aromatic nitrogens is 4. The highest BCUT2D eigenvalue weighted by atomic mass is 79.9. The fourth-order valence-electron chi connectivity index (χ4n) is 4.87. The molecule has 2 unspecified atom stereocenters. The van der Waals surface area contributed by atoms with Crippen molar-refractivity contribution in [3.8, 4) is 5.75 Å². The number of hydrogen-bond donors (Lipinski definition) is 1. The van der Waals surface area contributed by atoms with Crippen molar-refractivity contribution >= 4 is 32.9 Å². The first-order valence-corrected chi connectivity index (χ1v) is 12.4. The number of imidazole rings is 1. The summed E-state index contributed by atoms with van der Waals surface area (Å²) in [7, 11) is 1.88. The summed E-state index contributed by atoms with van der Waals surface area (Å²) in [6.45, 7) is 0.995. The first-order valence-electron chi connectivity index (χ1n) is 11.6. The number of nitrogens with zero attached hydrogens (tertiary/aromatic N) is 4. The smallest absolute Gasteiger partial charge is 0.307 e. The number of carboxylic acid groups (broad SMARTS) is 1. The molecule has 0 amide bonds. The quantitative estimate of drug-likeness (QED) is 0.345. The van der Waals surface area contributed by atoms with Gasteiger partial charge in [-0.1, -0.05) is 40.9 Å². The van der Waals surface area contributed by atoms with Crippen LogP contribution in [0.25, 0.3) is 11.0 Å². The summed E-state index contributed by atoms with van der Waals surface area (Å²) in [5, 5.41) is 14.3. The predicted molar refractivity (Wildman–Crippen MR) is 133 cm³/mol. The Kier molecular flexibility index (Phi) is 6.41. The third-order valence-corrected chi connectivity index (χ3v) is 7.10. The number of benzene rings is 2. The summed E-state index contributed by atoms with van der Waals surface area (Å²) in [6, 6.07) is 16.0. The zero-order valence-electron chi connectivity index (χ0n) is 19.0. The van der Waals surface area contributed by atoms with Crippen molar-refractivity contribution in [2.24, 2.45) is 13.0 Å². The van der Waals surface area contributed by atoms with Gasteiger partial charge in [0, 0.05) is 36.2 Å². The predicted octanol–water partition coefficient (Wildman–Crippen LogP) is 5.52. The lowest BCUT2D eigenvalue weighted by Gasteiger charge is -2.28. The molecule has 0 spiro atoms. The maximum atomic E-state index is 12.1. The third-order valence-electron chi connectivity index (χ3n) is 6.57. The van der Waals surface area contributed by atoms with Crippen LogP contribution in [0.1, 0.15) is 48.7 Å². The second-order valence-electron chi connectivity index (χ2n) is 8.94. The normalized spacial score (nSPS) is 18.3. The zero-order chi connectivity index (χ0) is 23.7. The zero-order valence-corrected chi connectivity index (χ0v) is 20.6. The van der Waals surface area contributed by atoms with Gasteiger partial charge in [-0.2, -0.15) is 5.10 Å². The summed E-state index contributed by atoms with van der Waals surface area (Å²) < 4.78 is 11.0. The molecule has 1 fully saturated rings. The van der Waals surface area contributed by atoms with E-state index in [1.54, 1.807) is 4.68 Å². The molecule has 0 radical (unpaired) electrons. The fourth-order valence-corrected chi connectivity index (χ4v) is 5.13. The van der Waals surface area contributed by atoms with Crippen molar-refractivity contribution in [1.82, 2.24) is 19.3 Å². The van der Waals surface area contributed by atoms with Gasteiger partial charge in [0.1, 0.15) is 18.2 Å². The van der Waals surface area contributed by atoms with E-state index in [2.05, 4.69) is 37.7 Å². The first-order chi connectivity index (χ1) is 16.5. The Morgan fingerprint density at radius 3 is 2.68 bits per heavy atom. The molecule has 2 aromatic heterocycles. The lowest BCUT2D eigenvalue weighted by atomic mass is 9.78. The Morgan fingerprint density at radius 2 is 1.94 bits per heavy atom. The molecule has 2 atom stereocenters. The summed E-state index contributed by atoms with van der Waals surface area (Å²) in [5.41, 5.74) is 3.79. The van der Waals surface area contributed by atoms with E-state index in [4.69, 9.17) is 9.72 Å². The average Bonchev–Trinajstić information content (AvgIpc) is 3.42. The standard InChI is InChI=1S/C26H27BrN4O3/c1-30-13-12-19(29-30)16-34-20-10-11-23-24(14-20)31(15-17-6-8-18(27)9-7-17)25(28-23)21-4-2-3-5-22(21)26(32)33/h6-14,21-22H,2-5,15-16H2,1H3,(H,32,33). The van der Waals surface area contributed by atoms with Crippen LogP contribution >= 0.6 is 15.9 Å². The molecule has 0 aliphatic heterocycles. The summed E-state index contributed by atoms with van der Waals surface area (Å²) >= 11 is 3.50. The van der Waals surface area contributed by atoms with Crippen LogP contribution in [-0.4, -0.2) is 30.4 Å². The molecule has 4 aromatic rings. The molecule has 34 heavy (non-hydrogen) atoms. The van der Waals surface area contributed by atoms with Crippen molar-refractivity contribution < 1.29 is 14.6 Å². The third kappa shape index (κ3) is 4.73. The second-order valence-corrected chi connectivity index (χ2v) is 9.85. The summed E-state index contributed by atoms with van der Waals surface area (Å²) in [6.07, 6.45) is 5.40. The largest absolute Gasteiger partial charge is 0.487 e. The SMILES string of the molecule is Cn1ccc(COc2ccc3nc(C4CCCCC4C(=O)O)n(Cc4ccc(Br)cc4)c3c2)n1. The van der Waals surface area contributed by atoms with E-state index < -0.39 is 11.9 Å². The lowest BCUT2D eigenvalue weighted by molar-refractivity contribution is -0.143. The van der Waals surface area contributed by atoms with Crippen LogP contribution in [0.4, 0.5) is 0 Å². The van der Waals surface area contributed by atoms with Gasteiger partial charge < -0.3 is 14.4 Å². The van der Waals surface area contributed by atoms with Gasteiger partial charge in [-0.3, -0.25) is 9.48 Å². The van der Waals surface area contributed by atoms with E-state index in [-0.39, 0.29) is 5.92 Å². The van der Waals surface area contributed by atoms with Crippen LogP contribution in [0.2, 0.25) is 0 Å². The lowest BCUT2D eigenvalue weighted by Crippen LogP contribution is -2.27. The van der Waals surface area contributed by atoms with Crippen molar-refractivity contribution in [2.75, 3.05) is 0 Å². The maximum absolute atomic E-state index is 12.1. The number of halogens is 1. The van der Waals surface area contributed by atoms with E-state index in [1.165, 1.54) is 0 Å². The van der Waals surface area contributed by atoms with Crippen LogP contribution in [-0.2, 0) is 25.0 Å². The Hall–Kier alpha value is -3.13. The van der Waals surface area contributed by atoms with E-state index in [1.807, 2.05) is 49.6 Å². The van der Waals surface area contributed by atoms with Crippen LogP contribution in [0.5, 0.6) is 5.75 Å². The molecular weight excluding hydrogens is 496 g/mol. The van der Waals surface area contributed by atoms with Crippen molar-refractivity contribution in [3.05, 3.63) is 76.3 Å². The number of hydrogen-bond acceptors (Lipinski definition) is 4. The Morgan fingerprint density at radius 1 is 1.15 bits per heavy atom. The number of fused-ring (bicyclic) bond motifs is 1. The Labute approximate surface area is 206 Å². The topological polar surface area (TPSA) is 82.2 Å². The van der Waals surface area contributed by atoms with Crippen LogP contribution in [0, 0.1) is 5.92 Å². The van der Waals surface area contributed by atoms with Crippen molar-refractivity contribution in [3.63, 3.8) is 0 Å². The minimum Gasteiger partial charge on any atom is -0.487 e. The maximum Gasteiger partial charge on any atom is 0.307 e. The number of aryl methyl sites for hydroxylation is 1. The molecule has 8 heteroatoms. The minimum atomic E-state index is -0.730. The first kappa shape index (κ1) is 22.7. The number of rotatable bonds is 7. The fraction of sp³-hybridized carbons (Fsp3) is 0.346. The van der Waals surface area contributed by atoms with E-state index >= 15 is 0 Å². The van der Waals surface area contributed by atoms with E-state index in [9.17, 15) is 9.90 Å². The monoisotopic (exact) mass is 522 g/mol. The molecule has 2 aromatic carbocycles. The average molecular weight is 523 g/mol. The second kappa shape index (κ2) is 9.62. The molecular formula is C26H27BrN4O3. The van der Waals surface area contributed by atoms with Crippen LogP contribution in [0.3, 0.4) is 0 Å². The van der Waals surface area contributed by atoms with Gasteiger partial charge in [-0.25, -0.2) is 4.98 Å². The van der Waals surface area contributed by atoms with Crippen molar-refractivity contribution in [1.29, 1.82) is 0 Å². The number of carbonyl (C=O) groups is 1. The molecule has 1 N–H and O–H groups in total. The molecule has 176 valence electrons. The highest BCUT2D eigenvalue weighted by Crippen LogP contribution is 2.39. The van der Waals surface area contributed by atoms with Crippen LogP contribution in [0.15, 0.2) is 59.2 Å². The summed E-state index contributed by atoms with van der Waals surface area (Å²) in [5.74, 6) is 0.347. The Bertz CT molecular complexity index is 1310. The molecule has 0 bridgehead atoms. The van der Waals surface area contributed by atoms with Gasteiger partial charge in [0.05, 0.1) is 22.6 Å². The van der Waals surface area contributed by atoms with Gasteiger partial charge >= 0.3 is 5.97 Å². The van der Waals surface area contributed by atoms with Crippen LogP contribution < -0.4 is 4.74 Å². The Balaban J connectivity index is 1.54. The van der Waals surface area contributed by atoms with Gasteiger partial charge in [-0.05, 0) is 48.7 Å². The highest BCUT2D eigenvalue weighted by molar-refractivity contribution is 9.10. The molecule has 1 aliphatic carbocycles. The number of carboxylic acids is 1. The van der Waals surface area contributed by atoms with Gasteiger partial charge in [0.2, 0.25) is 0 Å². The molecule has 1 saturated carbocycles. The molecule has 2 heterocycles. The van der Waals surface area contributed by atoms with E-state index in [0.717, 1.165) is 57.6 Å². The minimum absolute atomic E-state index is 0.105. The molecule has 0 saturated heterocycles. The van der Waals surface area contributed by atoms with E-state index in [0.29, 0.717) is 19.6 Å². The number of aliphatic carboxylic acids is 1. The van der Waals surface area contributed by atoms with Crippen molar-refractivity contribution in [2.45, 2.75) is 44.8 Å². The van der Waals surface area contributed by atoms with Gasteiger partial charge in [0.25, 0.3) is 0 Å². The summed E-state index contributed by atoms with van der Waals surface area (Å²) in [4.78, 5) is 17.0.